The Labute approximate surface area is 191 Å². The van der Waals surface area contributed by atoms with Gasteiger partial charge in [0, 0.05) is 24.4 Å². The molecule has 1 aliphatic heterocycles. The number of aryl methyl sites for hydroxylation is 1. The first-order chi connectivity index (χ1) is 15.0. The summed E-state index contributed by atoms with van der Waals surface area (Å²) >= 11 is 1.21. The summed E-state index contributed by atoms with van der Waals surface area (Å²) < 4.78 is 30.3. The van der Waals surface area contributed by atoms with Gasteiger partial charge in [-0.2, -0.15) is 12.8 Å². The molecule has 11 nitrogen and oxygen atoms in total. The molecule has 3 N–H and O–H groups in total. The van der Waals surface area contributed by atoms with Crippen molar-refractivity contribution in [3.63, 3.8) is 0 Å². The van der Waals surface area contributed by atoms with Crippen molar-refractivity contribution in [2.24, 2.45) is 9.36 Å². The number of carbonyl (C=O) groups is 3. The van der Waals surface area contributed by atoms with Crippen LogP contribution in [0.3, 0.4) is 0 Å². The lowest BCUT2D eigenvalue weighted by Crippen LogP contribution is -2.43. The third-order valence-corrected chi connectivity index (χ3v) is 5.56. The standard InChI is InChI=1S/C19H27N5O6S2/c1-19(2,3)30-17(27)13(24-32(28)29)11-22-16(26)14-7-5-12(31-14)6-8-15(25)23-18-20-9-4-10-21-18/h5,7,13H,4,6,8-11H2,1-3H3,(H,22,26)(H2,20,21,23,25)/t13-/m0/s1. The predicted molar refractivity (Wildman–Crippen MR) is 119 cm³/mol. The Morgan fingerprint density at radius 1 is 1.31 bits per heavy atom. The normalized spacial score (nSPS) is 14.4. The number of ether oxygens (including phenoxy) is 1. The Morgan fingerprint density at radius 3 is 2.69 bits per heavy atom. The minimum Gasteiger partial charge on any atom is -0.458 e. The van der Waals surface area contributed by atoms with E-state index in [4.69, 9.17) is 4.74 Å². The summed E-state index contributed by atoms with van der Waals surface area (Å²) in [5, 5.41) is 8.23. The van der Waals surface area contributed by atoms with E-state index in [1.807, 2.05) is 0 Å². The number of carbonyl (C=O) groups excluding carboxylic acids is 3. The highest BCUT2D eigenvalue weighted by Gasteiger charge is 2.26. The zero-order valence-electron chi connectivity index (χ0n) is 18.1. The number of rotatable bonds is 8. The van der Waals surface area contributed by atoms with Gasteiger partial charge in [0.1, 0.15) is 5.60 Å². The number of guanidine groups is 1. The van der Waals surface area contributed by atoms with Crippen molar-refractivity contribution in [3.8, 4) is 0 Å². The number of nitrogens with one attached hydrogen (secondary N) is 3. The average Bonchev–Trinajstić information content (AvgIpc) is 3.17. The minimum absolute atomic E-state index is 0.176. The van der Waals surface area contributed by atoms with E-state index in [9.17, 15) is 22.8 Å². The van der Waals surface area contributed by atoms with Gasteiger partial charge in [-0.1, -0.05) is 0 Å². The van der Waals surface area contributed by atoms with Crippen molar-refractivity contribution >= 4 is 45.6 Å². The smallest absolute Gasteiger partial charge is 0.334 e. The maximum absolute atomic E-state index is 12.4. The Bertz CT molecular complexity index is 1000. The largest absolute Gasteiger partial charge is 0.458 e. The Hall–Kier alpha value is -2.80. The van der Waals surface area contributed by atoms with Gasteiger partial charge in [0.15, 0.2) is 12.0 Å². The summed E-state index contributed by atoms with van der Waals surface area (Å²) in [4.78, 5) is 42.0. The highest BCUT2D eigenvalue weighted by molar-refractivity contribution is 7.61. The fraction of sp³-hybridized carbons (Fsp3) is 0.579. The van der Waals surface area contributed by atoms with Crippen LogP contribution in [0.4, 0.5) is 0 Å². The first-order valence-corrected chi connectivity index (χ1v) is 11.9. The minimum atomic E-state index is -2.84. The van der Waals surface area contributed by atoms with Crippen molar-refractivity contribution in [1.82, 2.24) is 16.0 Å². The van der Waals surface area contributed by atoms with Crippen LogP contribution >= 0.6 is 11.3 Å². The van der Waals surface area contributed by atoms with Crippen LogP contribution in [0.25, 0.3) is 0 Å². The summed E-state index contributed by atoms with van der Waals surface area (Å²) in [5.74, 6) is -1.02. The van der Waals surface area contributed by atoms with E-state index in [-0.39, 0.29) is 18.9 Å². The van der Waals surface area contributed by atoms with Gasteiger partial charge in [-0.3, -0.25) is 19.9 Å². The second-order valence-corrected chi connectivity index (χ2v) is 9.72. The molecule has 1 atom stereocenters. The van der Waals surface area contributed by atoms with Gasteiger partial charge in [-0.05, 0) is 45.7 Å². The molecular formula is C19H27N5O6S2. The maximum atomic E-state index is 12.4. The number of esters is 1. The van der Waals surface area contributed by atoms with Crippen LogP contribution in [0.1, 0.15) is 48.2 Å². The summed E-state index contributed by atoms with van der Waals surface area (Å²) in [6.07, 6.45) is 1.61. The third-order valence-electron chi connectivity index (χ3n) is 3.99. The second-order valence-electron chi connectivity index (χ2n) is 7.91. The molecule has 0 radical (unpaired) electrons. The highest BCUT2D eigenvalue weighted by Crippen LogP contribution is 2.18. The first-order valence-electron chi connectivity index (χ1n) is 10.0. The van der Waals surface area contributed by atoms with Crippen LogP contribution < -0.4 is 16.0 Å². The molecule has 0 aliphatic carbocycles. The lowest BCUT2D eigenvalue weighted by Gasteiger charge is -2.21. The zero-order valence-corrected chi connectivity index (χ0v) is 19.8. The number of nitrogens with zero attached hydrogens (tertiary/aromatic N) is 2. The van der Waals surface area contributed by atoms with Crippen LogP contribution in [-0.4, -0.2) is 63.4 Å². The monoisotopic (exact) mass is 485 g/mol. The summed E-state index contributed by atoms with van der Waals surface area (Å²) in [5.41, 5.74) is -0.826. The maximum Gasteiger partial charge on any atom is 0.334 e. The highest BCUT2D eigenvalue weighted by atomic mass is 32.2. The van der Waals surface area contributed by atoms with E-state index >= 15 is 0 Å². The fourth-order valence-electron chi connectivity index (χ4n) is 2.60. The molecule has 0 aromatic carbocycles. The van der Waals surface area contributed by atoms with Crippen LogP contribution in [0.2, 0.25) is 0 Å². The predicted octanol–water partition coefficient (Wildman–Crippen LogP) is 0.649. The molecule has 1 aliphatic rings. The van der Waals surface area contributed by atoms with Gasteiger partial charge in [0.05, 0.1) is 11.4 Å². The zero-order chi connectivity index (χ0) is 23.7. The summed E-state index contributed by atoms with van der Waals surface area (Å²) in [6.45, 7) is 6.05. The Morgan fingerprint density at radius 2 is 2.06 bits per heavy atom. The van der Waals surface area contributed by atoms with Gasteiger partial charge in [-0.15, -0.1) is 11.3 Å². The van der Waals surface area contributed by atoms with Crippen LogP contribution in [0.5, 0.6) is 0 Å². The molecule has 0 spiro atoms. The molecule has 176 valence electrons. The Balaban J connectivity index is 1.87. The van der Waals surface area contributed by atoms with Crippen molar-refractivity contribution in [2.75, 3.05) is 19.6 Å². The van der Waals surface area contributed by atoms with Crippen LogP contribution in [0.15, 0.2) is 21.5 Å². The molecule has 0 saturated heterocycles. The van der Waals surface area contributed by atoms with E-state index in [1.54, 1.807) is 32.9 Å². The SMILES string of the molecule is CC(C)(C)OC(=O)[C@H](CNC(=O)c1ccc(CCC(=O)NC2=NCCCN2)s1)N=S(=O)=O. The molecule has 13 heteroatoms. The average molecular weight is 486 g/mol. The third kappa shape index (κ3) is 9.14. The summed E-state index contributed by atoms with van der Waals surface area (Å²) in [6, 6.07) is 1.97. The van der Waals surface area contributed by atoms with E-state index in [2.05, 4.69) is 25.3 Å². The molecule has 0 unspecified atom stereocenters. The number of aliphatic imine (C=N–C) groups is 1. The molecule has 1 aromatic rings. The van der Waals surface area contributed by atoms with Gasteiger partial charge < -0.3 is 15.4 Å². The molecule has 0 saturated carbocycles. The van der Waals surface area contributed by atoms with Crippen molar-refractivity contribution in [2.45, 2.75) is 51.7 Å². The number of thiophene rings is 1. The number of hydrogen-bond acceptors (Lipinski definition) is 10. The van der Waals surface area contributed by atoms with Crippen molar-refractivity contribution < 1.29 is 27.5 Å². The Kier molecular flexibility index (Phi) is 9.32. The second kappa shape index (κ2) is 11.7. The van der Waals surface area contributed by atoms with Gasteiger partial charge in [0.2, 0.25) is 5.91 Å². The molecule has 2 amide bonds. The molecular weight excluding hydrogens is 458 g/mol. The van der Waals surface area contributed by atoms with E-state index in [0.717, 1.165) is 17.8 Å². The van der Waals surface area contributed by atoms with E-state index < -0.39 is 34.0 Å². The number of amides is 2. The molecule has 32 heavy (non-hydrogen) atoms. The fourth-order valence-corrected chi connectivity index (χ4v) is 3.89. The van der Waals surface area contributed by atoms with Gasteiger partial charge in [-0.25, -0.2) is 4.79 Å². The van der Waals surface area contributed by atoms with Crippen molar-refractivity contribution in [1.29, 1.82) is 0 Å². The van der Waals surface area contributed by atoms with Crippen LogP contribution in [0, 0.1) is 0 Å². The van der Waals surface area contributed by atoms with Gasteiger partial charge in [0.25, 0.3) is 5.91 Å². The molecule has 0 bridgehead atoms. The van der Waals surface area contributed by atoms with E-state index in [1.165, 1.54) is 11.3 Å². The van der Waals surface area contributed by atoms with Gasteiger partial charge >= 0.3 is 16.5 Å². The molecule has 2 rings (SSSR count). The topological polar surface area (TPSA) is 155 Å². The lowest BCUT2D eigenvalue weighted by atomic mass is 10.2. The summed E-state index contributed by atoms with van der Waals surface area (Å²) in [7, 11) is -2.84. The van der Waals surface area contributed by atoms with E-state index in [0.29, 0.717) is 23.8 Å². The lowest BCUT2D eigenvalue weighted by molar-refractivity contribution is -0.156. The molecule has 1 aromatic heterocycles. The first kappa shape index (κ1) is 25.5. The molecule has 0 fully saturated rings. The van der Waals surface area contributed by atoms with Crippen LogP contribution in [-0.2, 0) is 31.2 Å². The number of hydrogen-bond donors (Lipinski definition) is 3. The molecule has 2 heterocycles. The van der Waals surface area contributed by atoms with Crippen molar-refractivity contribution in [3.05, 3.63) is 21.9 Å². The quantitative estimate of drug-likeness (QED) is 0.457.